The number of benzene rings is 1. The first-order valence-corrected chi connectivity index (χ1v) is 12.9. The monoisotopic (exact) mass is 496 g/mol. The predicted octanol–water partition coefficient (Wildman–Crippen LogP) is 4.66. The first-order chi connectivity index (χ1) is 16.8. The maximum Gasteiger partial charge on any atom is 0.273 e. The van der Waals surface area contributed by atoms with Crippen molar-refractivity contribution in [3.63, 3.8) is 0 Å². The number of hydrogen-bond donors (Lipinski definition) is 2. The van der Waals surface area contributed by atoms with E-state index in [1.807, 2.05) is 17.5 Å². The van der Waals surface area contributed by atoms with Gasteiger partial charge in [0.15, 0.2) is 0 Å². The molecule has 2 aliphatic rings. The Bertz CT molecular complexity index is 1300. The van der Waals surface area contributed by atoms with E-state index in [0.717, 1.165) is 30.6 Å². The van der Waals surface area contributed by atoms with Crippen molar-refractivity contribution in [3.05, 3.63) is 52.1 Å². The number of halogens is 1. The normalized spacial score (nSPS) is 20.7. The lowest BCUT2D eigenvalue weighted by atomic mass is 9.91. The maximum atomic E-state index is 14.2. The summed E-state index contributed by atoms with van der Waals surface area (Å²) in [6.45, 7) is 3.61. The molecule has 7 nitrogen and oxygen atoms in total. The van der Waals surface area contributed by atoms with E-state index in [-0.39, 0.29) is 48.2 Å². The number of nitrogens with zero attached hydrogens (tertiary/aromatic N) is 2. The zero-order valence-corrected chi connectivity index (χ0v) is 20.7. The summed E-state index contributed by atoms with van der Waals surface area (Å²) in [5, 5.41) is 8.33. The Hall–Kier alpha value is -3.20. The van der Waals surface area contributed by atoms with Gasteiger partial charge < -0.3 is 20.1 Å². The van der Waals surface area contributed by atoms with Crippen LogP contribution in [0.4, 0.5) is 10.1 Å². The molecule has 2 N–H and O–H groups in total. The van der Waals surface area contributed by atoms with Crippen molar-refractivity contribution in [2.75, 3.05) is 5.32 Å². The third-order valence-corrected chi connectivity index (χ3v) is 8.02. The van der Waals surface area contributed by atoms with E-state index in [1.54, 1.807) is 22.5 Å². The Labute approximate surface area is 207 Å². The predicted molar refractivity (Wildman–Crippen MR) is 134 cm³/mol. The van der Waals surface area contributed by atoms with Gasteiger partial charge in [0.1, 0.15) is 17.1 Å². The molecule has 3 heterocycles. The maximum absolute atomic E-state index is 14.2. The average Bonchev–Trinajstić information content (AvgIpc) is 3.43. The van der Waals surface area contributed by atoms with Gasteiger partial charge in [-0.2, -0.15) is 0 Å². The van der Waals surface area contributed by atoms with Gasteiger partial charge in [-0.15, -0.1) is 11.3 Å². The van der Waals surface area contributed by atoms with Crippen LogP contribution in [0.15, 0.2) is 35.7 Å². The van der Waals surface area contributed by atoms with Crippen molar-refractivity contribution < 1.29 is 18.8 Å². The fraction of sp³-hybridized carbons (Fsp3) is 0.423. The van der Waals surface area contributed by atoms with Gasteiger partial charge in [-0.1, -0.05) is 25.3 Å². The molecule has 1 aliphatic heterocycles. The lowest BCUT2D eigenvalue weighted by molar-refractivity contribution is -0.134. The highest BCUT2D eigenvalue weighted by atomic mass is 32.1. The van der Waals surface area contributed by atoms with Crippen LogP contribution >= 0.6 is 11.3 Å². The third kappa shape index (κ3) is 4.22. The SMILES string of the molecule is CC(=O)Nc1c2n(c3ccc(F)cc13)CC(C)(C(=O)NC1CCCCC1)N(Cc1cccs1)C2=O. The topological polar surface area (TPSA) is 83.4 Å². The number of fused-ring (bicyclic) bond motifs is 3. The lowest BCUT2D eigenvalue weighted by Gasteiger charge is -2.45. The Morgan fingerprint density at radius 2 is 1.97 bits per heavy atom. The van der Waals surface area contributed by atoms with Gasteiger partial charge in [-0.3, -0.25) is 14.4 Å². The summed E-state index contributed by atoms with van der Waals surface area (Å²) in [4.78, 5) is 42.5. The van der Waals surface area contributed by atoms with Crippen LogP contribution in [-0.4, -0.2) is 38.8 Å². The smallest absolute Gasteiger partial charge is 0.273 e. The Morgan fingerprint density at radius 1 is 1.20 bits per heavy atom. The first-order valence-electron chi connectivity index (χ1n) is 12.0. The summed E-state index contributed by atoms with van der Waals surface area (Å²) in [5.41, 5.74) is -0.0199. The van der Waals surface area contributed by atoms with Gasteiger partial charge in [0, 0.05) is 23.2 Å². The molecule has 1 unspecified atom stereocenters. The number of carbonyl (C=O) groups is 3. The molecule has 1 aromatic carbocycles. The van der Waals surface area contributed by atoms with E-state index in [9.17, 15) is 18.8 Å². The van der Waals surface area contributed by atoms with Crippen LogP contribution in [0.1, 0.15) is 61.3 Å². The Kier molecular flexibility index (Phi) is 6.13. The summed E-state index contributed by atoms with van der Waals surface area (Å²) in [7, 11) is 0. The van der Waals surface area contributed by atoms with Crippen LogP contribution in [0.3, 0.4) is 0 Å². The number of amides is 3. The summed E-state index contributed by atoms with van der Waals surface area (Å²) in [6, 6.07) is 8.19. The fourth-order valence-corrected chi connectivity index (χ4v) is 6.04. The quantitative estimate of drug-likeness (QED) is 0.539. The van der Waals surface area contributed by atoms with Crippen LogP contribution in [0, 0.1) is 5.82 Å². The number of carbonyl (C=O) groups excluding carboxylic acids is 3. The van der Waals surface area contributed by atoms with E-state index < -0.39 is 11.4 Å². The molecule has 9 heteroatoms. The molecule has 5 rings (SSSR count). The second kappa shape index (κ2) is 9.11. The summed E-state index contributed by atoms with van der Waals surface area (Å²) in [5.74, 6) is -1.38. The molecule has 0 spiro atoms. The lowest BCUT2D eigenvalue weighted by Crippen LogP contribution is -2.64. The number of aromatic nitrogens is 1. The van der Waals surface area contributed by atoms with Crippen LogP contribution in [-0.2, 0) is 22.7 Å². The van der Waals surface area contributed by atoms with Crippen LogP contribution in [0.2, 0.25) is 0 Å². The Morgan fingerprint density at radius 3 is 2.66 bits per heavy atom. The second-order valence-corrected chi connectivity index (χ2v) is 10.7. The van der Waals surface area contributed by atoms with Crippen molar-refractivity contribution in [1.82, 2.24) is 14.8 Å². The van der Waals surface area contributed by atoms with Crippen molar-refractivity contribution in [3.8, 4) is 0 Å². The van der Waals surface area contributed by atoms with Crippen LogP contribution in [0.5, 0.6) is 0 Å². The highest BCUT2D eigenvalue weighted by Gasteiger charge is 2.49. The van der Waals surface area contributed by atoms with Crippen molar-refractivity contribution in [2.45, 2.75) is 70.6 Å². The first kappa shape index (κ1) is 23.5. The number of anilines is 1. The summed E-state index contributed by atoms with van der Waals surface area (Å²) < 4.78 is 16.0. The summed E-state index contributed by atoms with van der Waals surface area (Å²) in [6.07, 6.45) is 5.21. The molecule has 1 aliphatic carbocycles. The number of hydrogen-bond acceptors (Lipinski definition) is 4. The highest BCUT2D eigenvalue weighted by Crippen LogP contribution is 2.40. The largest absolute Gasteiger partial charge is 0.351 e. The van der Waals surface area contributed by atoms with Gasteiger partial charge in [0.2, 0.25) is 11.8 Å². The van der Waals surface area contributed by atoms with Crippen molar-refractivity contribution >= 4 is 45.6 Å². The zero-order valence-electron chi connectivity index (χ0n) is 19.9. The van der Waals surface area contributed by atoms with Gasteiger partial charge in [-0.05, 0) is 49.4 Å². The minimum absolute atomic E-state index is 0.0959. The molecule has 1 atom stereocenters. The molecule has 2 aromatic heterocycles. The number of nitrogens with one attached hydrogen (secondary N) is 2. The minimum Gasteiger partial charge on any atom is -0.351 e. The van der Waals surface area contributed by atoms with Gasteiger partial charge >= 0.3 is 0 Å². The van der Waals surface area contributed by atoms with Crippen molar-refractivity contribution in [2.24, 2.45) is 0 Å². The fourth-order valence-electron chi connectivity index (χ4n) is 5.35. The molecule has 0 radical (unpaired) electrons. The molecule has 3 aromatic rings. The molecule has 184 valence electrons. The number of rotatable bonds is 5. The van der Waals surface area contributed by atoms with E-state index in [0.29, 0.717) is 10.9 Å². The van der Waals surface area contributed by atoms with Gasteiger partial charge in [0.25, 0.3) is 5.91 Å². The summed E-state index contributed by atoms with van der Waals surface area (Å²) >= 11 is 1.52. The van der Waals surface area contributed by atoms with E-state index in [1.165, 1.54) is 36.8 Å². The molecule has 0 bridgehead atoms. The third-order valence-electron chi connectivity index (χ3n) is 7.16. The molecule has 1 saturated carbocycles. The molecular weight excluding hydrogens is 467 g/mol. The molecule has 35 heavy (non-hydrogen) atoms. The minimum atomic E-state index is -1.17. The molecule has 1 fully saturated rings. The van der Waals surface area contributed by atoms with E-state index >= 15 is 0 Å². The molecule has 3 amide bonds. The van der Waals surface area contributed by atoms with E-state index in [4.69, 9.17) is 0 Å². The number of thiophene rings is 1. The van der Waals surface area contributed by atoms with Crippen LogP contribution < -0.4 is 10.6 Å². The zero-order chi connectivity index (χ0) is 24.7. The van der Waals surface area contributed by atoms with Gasteiger partial charge in [-0.25, -0.2) is 4.39 Å². The van der Waals surface area contributed by atoms with Crippen LogP contribution in [0.25, 0.3) is 10.9 Å². The second-order valence-electron chi connectivity index (χ2n) is 9.71. The van der Waals surface area contributed by atoms with E-state index in [2.05, 4.69) is 10.6 Å². The molecule has 0 saturated heterocycles. The standard InChI is InChI=1S/C26H29FN4O3S/c1-16(32)28-22-20-13-17(27)10-11-21(20)30-15-26(2,25(34)29-18-7-4-3-5-8-18)31(24(33)23(22)30)14-19-9-6-12-35-19/h6,9-13,18H,3-5,7-8,14-15H2,1-2H3,(H,28,32)(H,29,34). The van der Waals surface area contributed by atoms with Crippen molar-refractivity contribution in [1.29, 1.82) is 0 Å². The van der Waals surface area contributed by atoms with Gasteiger partial charge in [0.05, 0.1) is 24.3 Å². The molecular formula is C26H29FN4O3S. The highest BCUT2D eigenvalue weighted by molar-refractivity contribution is 7.09. The Balaban J connectivity index is 1.63. The average molecular weight is 497 g/mol.